The number of benzene rings is 1. The first-order chi connectivity index (χ1) is 7.15. The van der Waals surface area contributed by atoms with Gasteiger partial charge in [-0.3, -0.25) is 4.79 Å². The molecule has 0 radical (unpaired) electrons. The van der Waals surface area contributed by atoms with Crippen molar-refractivity contribution in [1.82, 2.24) is 0 Å². The van der Waals surface area contributed by atoms with E-state index >= 15 is 0 Å². The van der Waals surface area contributed by atoms with Crippen molar-refractivity contribution in [3.63, 3.8) is 0 Å². The van der Waals surface area contributed by atoms with Gasteiger partial charge in [0, 0.05) is 12.0 Å². The molecule has 0 saturated carbocycles. The lowest BCUT2D eigenvalue weighted by molar-refractivity contribution is 0.0894. The van der Waals surface area contributed by atoms with Crippen LogP contribution in [0.5, 0.6) is 0 Å². The third-order valence-electron chi connectivity index (χ3n) is 3.44. The summed E-state index contributed by atoms with van der Waals surface area (Å²) in [6.45, 7) is 4.21. The third kappa shape index (κ3) is 1.06. The molecule has 0 bridgehead atoms. The van der Waals surface area contributed by atoms with Crippen molar-refractivity contribution in [1.29, 1.82) is 0 Å². The molecule has 3 rings (SSSR count). The number of Topliss-reactive ketones (excluding diaryl/α,β-unsaturated/α-hetero) is 1. The Bertz CT molecular complexity index is 436. The lowest BCUT2D eigenvalue weighted by Crippen LogP contribution is -2.25. The Labute approximate surface area is 89.2 Å². The van der Waals surface area contributed by atoms with Gasteiger partial charge >= 0.3 is 0 Å². The van der Waals surface area contributed by atoms with Crippen molar-refractivity contribution in [2.75, 3.05) is 0 Å². The highest BCUT2D eigenvalue weighted by atomic mass is 16.6. The molecule has 0 N–H and O–H groups in total. The summed E-state index contributed by atoms with van der Waals surface area (Å²) in [6, 6.07) is 7.84. The molecule has 1 heterocycles. The summed E-state index contributed by atoms with van der Waals surface area (Å²) in [4.78, 5) is 12.2. The van der Waals surface area contributed by atoms with Crippen LogP contribution in [0.4, 0.5) is 0 Å². The van der Waals surface area contributed by atoms with Gasteiger partial charge in [0.1, 0.15) is 0 Å². The summed E-state index contributed by atoms with van der Waals surface area (Å²) < 4.78 is 5.67. The van der Waals surface area contributed by atoms with E-state index in [1.54, 1.807) is 0 Å². The first-order valence-corrected chi connectivity index (χ1v) is 5.46. The van der Waals surface area contributed by atoms with Crippen LogP contribution in [-0.2, 0) is 11.2 Å². The van der Waals surface area contributed by atoms with Crippen LogP contribution < -0.4 is 0 Å². The zero-order valence-electron chi connectivity index (χ0n) is 8.99. The Balaban J connectivity index is 1.99. The second kappa shape index (κ2) is 2.70. The standard InChI is InChI=1S/C13H14O2/c1-8(2)12-13(15-12)7-9-5-3-4-6-10(9)11(13)14/h3-6,8,12H,7H2,1-2H3/t12-,13-/m0/s1. The highest BCUT2D eigenvalue weighted by Crippen LogP contribution is 2.50. The van der Waals surface area contributed by atoms with Gasteiger partial charge in [-0.1, -0.05) is 38.1 Å². The number of hydrogen-bond donors (Lipinski definition) is 0. The Morgan fingerprint density at radius 3 is 2.73 bits per heavy atom. The molecule has 0 unspecified atom stereocenters. The molecular formula is C13H14O2. The molecule has 1 aliphatic heterocycles. The first-order valence-electron chi connectivity index (χ1n) is 5.46. The van der Waals surface area contributed by atoms with Crippen LogP contribution in [0.2, 0.25) is 0 Å². The Hall–Kier alpha value is -1.15. The quantitative estimate of drug-likeness (QED) is 0.653. The van der Waals surface area contributed by atoms with Crippen LogP contribution in [0.25, 0.3) is 0 Å². The SMILES string of the molecule is CC(C)[C@@H]1O[C@]12Cc1ccccc1C2=O. The Morgan fingerprint density at radius 1 is 1.40 bits per heavy atom. The van der Waals surface area contributed by atoms with Gasteiger partial charge in [-0.2, -0.15) is 0 Å². The van der Waals surface area contributed by atoms with E-state index in [9.17, 15) is 4.79 Å². The number of epoxide rings is 1. The molecule has 2 atom stereocenters. The minimum absolute atomic E-state index is 0.123. The molecular weight excluding hydrogens is 188 g/mol. The summed E-state index contributed by atoms with van der Waals surface area (Å²) in [5.74, 6) is 0.611. The predicted octanol–water partition coefficient (Wildman–Crippen LogP) is 2.22. The van der Waals surface area contributed by atoms with Gasteiger partial charge in [0.15, 0.2) is 11.4 Å². The monoisotopic (exact) mass is 202 g/mol. The number of ether oxygens (including phenoxy) is 1. The van der Waals surface area contributed by atoms with Crippen molar-refractivity contribution in [3.8, 4) is 0 Å². The number of hydrogen-bond acceptors (Lipinski definition) is 2. The molecule has 2 nitrogen and oxygen atoms in total. The number of fused-ring (bicyclic) bond motifs is 1. The lowest BCUT2D eigenvalue weighted by Gasteiger charge is -2.02. The summed E-state index contributed by atoms with van der Waals surface area (Å²) in [6.07, 6.45) is 0.891. The first kappa shape index (κ1) is 9.10. The van der Waals surface area contributed by atoms with Crippen LogP contribution in [0.3, 0.4) is 0 Å². The fourth-order valence-corrected chi connectivity index (χ4v) is 2.68. The molecule has 1 aromatic rings. The predicted molar refractivity (Wildman–Crippen MR) is 56.9 cm³/mol. The maximum absolute atomic E-state index is 12.2. The number of ketones is 1. The Kier molecular flexibility index (Phi) is 1.64. The highest BCUT2D eigenvalue weighted by molar-refractivity contribution is 6.09. The summed E-state index contributed by atoms with van der Waals surface area (Å²) in [5, 5.41) is 0. The van der Waals surface area contributed by atoms with E-state index in [4.69, 9.17) is 4.74 Å². The molecule has 1 aromatic carbocycles. The number of rotatable bonds is 1. The highest BCUT2D eigenvalue weighted by Gasteiger charge is 2.66. The van der Waals surface area contributed by atoms with Gasteiger partial charge in [-0.05, 0) is 11.5 Å². The average molecular weight is 202 g/mol. The zero-order valence-corrected chi connectivity index (χ0v) is 8.99. The van der Waals surface area contributed by atoms with Crippen LogP contribution in [-0.4, -0.2) is 17.5 Å². The Morgan fingerprint density at radius 2 is 2.13 bits per heavy atom. The van der Waals surface area contributed by atoms with Crippen molar-refractivity contribution in [2.24, 2.45) is 5.92 Å². The van der Waals surface area contributed by atoms with Gasteiger partial charge in [-0.25, -0.2) is 0 Å². The number of carbonyl (C=O) groups is 1. The van der Waals surface area contributed by atoms with E-state index in [2.05, 4.69) is 13.8 Å². The van der Waals surface area contributed by atoms with E-state index in [1.807, 2.05) is 24.3 Å². The van der Waals surface area contributed by atoms with Crippen LogP contribution in [0, 0.1) is 5.92 Å². The van der Waals surface area contributed by atoms with Gasteiger partial charge in [0.2, 0.25) is 0 Å². The van der Waals surface area contributed by atoms with Gasteiger partial charge in [0.05, 0.1) is 6.10 Å². The molecule has 2 aliphatic rings. The molecule has 1 fully saturated rings. The zero-order chi connectivity index (χ0) is 10.6. The molecule has 78 valence electrons. The van der Waals surface area contributed by atoms with Gasteiger partial charge < -0.3 is 4.74 Å². The van der Waals surface area contributed by atoms with E-state index in [0.717, 1.165) is 17.5 Å². The van der Waals surface area contributed by atoms with E-state index < -0.39 is 5.60 Å². The fraction of sp³-hybridized carbons (Fsp3) is 0.462. The van der Waals surface area contributed by atoms with Crippen molar-refractivity contribution >= 4 is 5.78 Å². The molecule has 0 aromatic heterocycles. The van der Waals surface area contributed by atoms with Crippen LogP contribution in [0.15, 0.2) is 24.3 Å². The van der Waals surface area contributed by atoms with Crippen LogP contribution in [0.1, 0.15) is 29.8 Å². The van der Waals surface area contributed by atoms with E-state index in [-0.39, 0.29) is 11.9 Å². The lowest BCUT2D eigenvalue weighted by atomic mass is 9.94. The topological polar surface area (TPSA) is 29.6 Å². The minimum Gasteiger partial charge on any atom is -0.357 e. The van der Waals surface area contributed by atoms with E-state index in [1.165, 1.54) is 0 Å². The average Bonchev–Trinajstić information content (AvgIpc) is 2.86. The van der Waals surface area contributed by atoms with Crippen molar-refractivity contribution in [3.05, 3.63) is 35.4 Å². The molecule has 2 heteroatoms. The van der Waals surface area contributed by atoms with Gasteiger partial charge in [-0.15, -0.1) is 0 Å². The molecule has 15 heavy (non-hydrogen) atoms. The molecule has 1 spiro atoms. The number of carbonyl (C=O) groups excluding carboxylic acids is 1. The third-order valence-corrected chi connectivity index (χ3v) is 3.44. The summed E-state index contributed by atoms with van der Waals surface area (Å²) in [5.41, 5.74) is 1.52. The largest absolute Gasteiger partial charge is 0.357 e. The van der Waals surface area contributed by atoms with Crippen LogP contribution >= 0.6 is 0 Å². The minimum atomic E-state index is -0.488. The smallest absolute Gasteiger partial charge is 0.197 e. The van der Waals surface area contributed by atoms with E-state index in [0.29, 0.717) is 5.92 Å². The van der Waals surface area contributed by atoms with Gasteiger partial charge in [0.25, 0.3) is 0 Å². The molecule has 1 aliphatic carbocycles. The molecule has 0 amide bonds. The maximum Gasteiger partial charge on any atom is 0.197 e. The molecule has 1 saturated heterocycles. The summed E-state index contributed by atoms with van der Waals surface area (Å²) >= 11 is 0. The van der Waals surface area contributed by atoms with Crippen molar-refractivity contribution < 1.29 is 9.53 Å². The second-order valence-electron chi connectivity index (χ2n) is 4.84. The normalized spacial score (nSPS) is 32.5. The maximum atomic E-state index is 12.2. The fourth-order valence-electron chi connectivity index (χ4n) is 2.68. The second-order valence-corrected chi connectivity index (χ2v) is 4.84. The summed E-state index contributed by atoms with van der Waals surface area (Å²) in [7, 11) is 0. The van der Waals surface area contributed by atoms with Crippen molar-refractivity contribution in [2.45, 2.75) is 32.0 Å².